The molecule has 3 heterocycles. The molecule has 0 radical (unpaired) electrons. The Hall–Kier alpha value is -4.09. The summed E-state index contributed by atoms with van der Waals surface area (Å²) in [7, 11) is 0. The van der Waals surface area contributed by atoms with Crippen LogP contribution in [-0.4, -0.2) is 32.8 Å². The molecule has 1 aliphatic rings. The number of hydrogen-bond acceptors (Lipinski definition) is 3. The lowest BCUT2D eigenvalue weighted by Gasteiger charge is -2.32. The standard InChI is InChI=1S/C33H31FN4/c34-32-11-5-4-10-31(32)33-29(24-37-19-16-25(17-20-37)21-26-7-6-18-35-22-26)23-36-38(33)30-14-12-28(13-15-30)27-8-2-1-3-9-27/h1-15,18,22-23,25H,16-17,19-21,24H2. The zero-order valence-corrected chi connectivity index (χ0v) is 21.4. The van der Waals surface area contributed by atoms with E-state index in [4.69, 9.17) is 5.10 Å². The predicted octanol–water partition coefficient (Wildman–Crippen LogP) is 7.20. The number of piperidine rings is 1. The van der Waals surface area contributed by atoms with Crippen molar-refractivity contribution in [1.82, 2.24) is 19.7 Å². The van der Waals surface area contributed by atoms with Crippen molar-refractivity contribution in [2.24, 2.45) is 5.92 Å². The van der Waals surface area contributed by atoms with Crippen LogP contribution in [0.4, 0.5) is 4.39 Å². The Morgan fingerprint density at radius 3 is 2.24 bits per heavy atom. The number of pyridine rings is 1. The molecule has 0 spiro atoms. The van der Waals surface area contributed by atoms with Crippen LogP contribution in [0.3, 0.4) is 0 Å². The number of hydrogen-bond donors (Lipinski definition) is 0. The van der Waals surface area contributed by atoms with Crippen molar-refractivity contribution in [1.29, 1.82) is 0 Å². The summed E-state index contributed by atoms with van der Waals surface area (Å²) in [5, 5.41) is 4.76. The SMILES string of the molecule is Fc1ccccc1-c1c(CN2CCC(Cc3cccnc3)CC2)cnn1-c1ccc(-c2ccccc2)cc1. The van der Waals surface area contributed by atoms with E-state index in [-0.39, 0.29) is 5.82 Å². The monoisotopic (exact) mass is 502 g/mol. The molecule has 5 aromatic rings. The largest absolute Gasteiger partial charge is 0.299 e. The molecule has 3 aromatic carbocycles. The van der Waals surface area contributed by atoms with E-state index < -0.39 is 0 Å². The molecule has 0 amide bonds. The molecule has 0 saturated carbocycles. The van der Waals surface area contributed by atoms with Gasteiger partial charge >= 0.3 is 0 Å². The second kappa shape index (κ2) is 11.1. The van der Waals surface area contributed by atoms with E-state index in [0.29, 0.717) is 11.5 Å². The molecule has 1 fully saturated rings. The van der Waals surface area contributed by atoms with Gasteiger partial charge in [-0.05, 0) is 85.3 Å². The van der Waals surface area contributed by atoms with Crippen LogP contribution in [0.2, 0.25) is 0 Å². The number of rotatable bonds is 7. The van der Waals surface area contributed by atoms with Crippen molar-refractivity contribution in [2.75, 3.05) is 13.1 Å². The Balaban J connectivity index is 1.24. The van der Waals surface area contributed by atoms with E-state index >= 15 is 4.39 Å². The first kappa shape index (κ1) is 24.3. The van der Waals surface area contributed by atoms with E-state index in [2.05, 4.69) is 52.3 Å². The van der Waals surface area contributed by atoms with Crippen molar-refractivity contribution >= 4 is 0 Å². The molecule has 4 nitrogen and oxygen atoms in total. The van der Waals surface area contributed by atoms with Crippen molar-refractivity contribution in [3.8, 4) is 28.1 Å². The maximum atomic E-state index is 15.1. The summed E-state index contributed by atoms with van der Waals surface area (Å²) < 4.78 is 17.0. The fraction of sp³-hybridized carbons (Fsp3) is 0.212. The Labute approximate surface area is 223 Å². The minimum Gasteiger partial charge on any atom is -0.299 e. The van der Waals surface area contributed by atoms with Crippen LogP contribution in [-0.2, 0) is 13.0 Å². The third-order valence-corrected chi connectivity index (χ3v) is 7.54. The molecule has 0 bridgehead atoms. The van der Waals surface area contributed by atoms with Gasteiger partial charge in [0.15, 0.2) is 0 Å². The molecule has 190 valence electrons. The molecule has 0 aliphatic carbocycles. The van der Waals surface area contributed by atoms with E-state index in [9.17, 15) is 0 Å². The van der Waals surface area contributed by atoms with E-state index in [1.54, 1.807) is 6.07 Å². The molecule has 38 heavy (non-hydrogen) atoms. The summed E-state index contributed by atoms with van der Waals surface area (Å²) in [6.07, 6.45) is 9.11. The molecule has 6 rings (SSSR count). The normalized spacial score (nSPS) is 14.6. The van der Waals surface area contributed by atoms with Crippen LogP contribution in [0.15, 0.2) is 110 Å². The fourth-order valence-electron chi connectivity index (χ4n) is 5.50. The van der Waals surface area contributed by atoms with Crippen molar-refractivity contribution < 1.29 is 4.39 Å². The Bertz CT molecular complexity index is 1470. The van der Waals surface area contributed by atoms with E-state index in [1.165, 1.54) is 17.2 Å². The summed E-state index contributed by atoms with van der Waals surface area (Å²) in [6.45, 7) is 2.81. The number of nitrogens with zero attached hydrogens (tertiary/aromatic N) is 4. The summed E-state index contributed by atoms with van der Waals surface area (Å²) in [6, 6.07) is 29.8. The van der Waals surface area contributed by atoms with Crippen LogP contribution in [0.5, 0.6) is 0 Å². The maximum absolute atomic E-state index is 15.1. The third kappa shape index (κ3) is 5.29. The molecule has 0 N–H and O–H groups in total. The Kier molecular flexibility index (Phi) is 7.10. The van der Waals surface area contributed by atoms with Gasteiger partial charge in [-0.2, -0.15) is 5.10 Å². The van der Waals surface area contributed by atoms with Crippen molar-refractivity contribution in [3.05, 3.63) is 127 Å². The second-order valence-electron chi connectivity index (χ2n) is 10.1. The highest BCUT2D eigenvalue weighted by Crippen LogP contribution is 2.32. The Morgan fingerprint density at radius 2 is 1.50 bits per heavy atom. The highest BCUT2D eigenvalue weighted by Gasteiger charge is 2.23. The van der Waals surface area contributed by atoms with Crippen LogP contribution >= 0.6 is 0 Å². The van der Waals surface area contributed by atoms with E-state index in [1.807, 2.05) is 59.7 Å². The fourth-order valence-corrected chi connectivity index (χ4v) is 5.50. The van der Waals surface area contributed by atoms with Crippen molar-refractivity contribution in [2.45, 2.75) is 25.8 Å². The molecular weight excluding hydrogens is 471 g/mol. The van der Waals surface area contributed by atoms with E-state index in [0.717, 1.165) is 61.4 Å². The molecular formula is C33H31FN4. The van der Waals surface area contributed by atoms with Crippen LogP contribution in [0, 0.1) is 11.7 Å². The number of aromatic nitrogens is 3. The average Bonchev–Trinajstić information content (AvgIpc) is 3.38. The first-order valence-corrected chi connectivity index (χ1v) is 13.3. The lowest BCUT2D eigenvalue weighted by Crippen LogP contribution is -2.34. The maximum Gasteiger partial charge on any atom is 0.132 e. The van der Waals surface area contributed by atoms with Crippen molar-refractivity contribution in [3.63, 3.8) is 0 Å². The summed E-state index contributed by atoms with van der Waals surface area (Å²) in [4.78, 5) is 6.74. The molecule has 2 aromatic heterocycles. The highest BCUT2D eigenvalue weighted by atomic mass is 19.1. The molecule has 5 heteroatoms. The van der Waals surface area contributed by atoms with Gasteiger partial charge in [0.2, 0.25) is 0 Å². The predicted molar refractivity (Wildman–Crippen MR) is 150 cm³/mol. The molecule has 0 atom stereocenters. The topological polar surface area (TPSA) is 34.0 Å². The second-order valence-corrected chi connectivity index (χ2v) is 10.1. The minimum absolute atomic E-state index is 0.230. The lowest BCUT2D eigenvalue weighted by atomic mass is 9.90. The van der Waals surface area contributed by atoms with Gasteiger partial charge in [0.1, 0.15) is 5.82 Å². The Morgan fingerprint density at radius 1 is 0.763 bits per heavy atom. The third-order valence-electron chi connectivity index (χ3n) is 7.54. The van der Waals surface area contributed by atoms with Gasteiger partial charge in [-0.3, -0.25) is 9.88 Å². The van der Waals surface area contributed by atoms with Gasteiger partial charge in [-0.25, -0.2) is 9.07 Å². The van der Waals surface area contributed by atoms with Crippen LogP contribution in [0.25, 0.3) is 28.1 Å². The van der Waals surface area contributed by atoms with Gasteiger partial charge in [0.25, 0.3) is 0 Å². The zero-order chi connectivity index (χ0) is 25.7. The lowest BCUT2D eigenvalue weighted by molar-refractivity contribution is 0.177. The van der Waals surface area contributed by atoms with Gasteiger partial charge in [-0.15, -0.1) is 0 Å². The molecule has 0 unspecified atom stereocenters. The summed E-state index contributed by atoms with van der Waals surface area (Å²) in [5.74, 6) is 0.443. The summed E-state index contributed by atoms with van der Waals surface area (Å²) in [5.41, 5.74) is 7.00. The average molecular weight is 503 g/mol. The summed E-state index contributed by atoms with van der Waals surface area (Å²) >= 11 is 0. The first-order chi connectivity index (χ1) is 18.7. The minimum atomic E-state index is -0.230. The molecule has 1 aliphatic heterocycles. The van der Waals surface area contributed by atoms with Crippen LogP contribution < -0.4 is 0 Å². The van der Waals surface area contributed by atoms with Gasteiger partial charge in [0, 0.05) is 30.1 Å². The zero-order valence-electron chi connectivity index (χ0n) is 21.4. The first-order valence-electron chi connectivity index (χ1n) is 13.3. The smallest absolute Gasteiger partial charge is 0.132 e. The quantitative estimate of drug-likeness (QED) is 0.236. The van der Waals surface area contributed by atoms with Gasteiger partial charge in [-0.1, -0.05) is 60.7 Å². The van der Waals surface area contributed by atoms with Crippen LogP contribution in [0.1, 0.15) is 24.0 Å². The van der Waals surface area contributed by atoms with Gasteiger partial charge < -0.3 is 0 Å². The number of halogens is 1. The number of benzene rings is 3. The highest BCUT2D eigenvalue weighted by molar-refractivity contribution is 5.68. The van der Waals surface area contributed by atoms with Gasteiger partial charge in [0.05, 0.1) is 17.6 Å². The molecule has 1 saturated heterocycles. The number of likely N-dealkylation sites (tertiary alicyclic amines) is 1.